The molecule has 0 atom stereocenters. The molecule has 0 unspecified atom stereocenters. The fourth-order valence-electron chi connectivity index (χ4n) is 6.49. The van der Waals surface area contributed by atoms with Crippen molar-refractivity contribution < 1.29 is 54.3 Å². The molecule has 0 aromatic heterocycles. The van der Waals surface area contributed by atoms with E-state index in [1.165, 1.54) is 33.4 Å². The third kappa shape index (κ3) is 17.8. The first kappa shape index (κ1) is 57.1. The van der Waals surface area contributed by atoms with Crippen LogP contribution >= 0.6 is 114 Å². The van der Waals surface area contributed by atoms with Crippen molar-refractivity contribution in [3.05, 3.63) is 33.4 Å². The summed E-state index contributed by atoms with van der Waals surface area (Å²) in [6.07, 6.45) is 0. The smallest absolute Gasteiger partial charge is 0.238 e. The lowest BCUT2D eigenvalue weighted by Crippen LogP contribution is -2.28. The number of hydrogen-bond donors (Lipinski definition) is 0. The molecule has 6 saturated heterocycles. The molecule has 0 N–H and O–H groups in total. The summed E-state index contributed by atoms with van der Waals surface area (Å²) in [6, 6.07) is 0. The molecule has 24 heteroatoms. The third-order valence-corrected chi connectivity index (χ3v) is 28.6. The maximum atomic E-state index is 6.46. The molecule has 1 aromatic carbocycles. The van der Waals surface area contributed by atoms with E-state index in [2.05, 4.69) is 83.1 Å². The summed E-state index contributed by atoms with van der Waals surface area (Å²) in [4.78, 5) is 0. The van der Waals surface area contributed by atoms with Gasteiger partial charge in [0.25, 0.3) is 0 Å². The molecule has 6 heterocycles. The number of hydrogen-bond acceptors (Lipinski definition) is 18. The second-order valence-electron chi connectivity index (χ2n) is 22.1. The standard InChI is InChI=1S/C42H72O12P6S6/c1-37(2)19-43-55(44-20-37)61-13-31-32(14-62-56-45-21-38(3,4)22-46-56)34(16-64-58-49-25-40(7,8)26-50-58)36(18-66-60-53-29-42(11,12)30-54-60)35(17-65-59-51-27-41(9,10)28-52-59)33(31)15-63-57-47-23-39(5,6)24-48-57/h13-30H2,1-12H3. The Morgan fingerprint density at radius 3 is 0.455 bits per heavy atom. The summed E-state index contributed by atoms with van der Waals surface area (Å²) >= 11 is 10.8. The van der Waals surface area contributed by atoms with Crippen LogP contribution in [0.5, 0.6) is 0 Å². The van der Waals surface area contributed by atoms with Gasteiger partial charge in [-0.25, -0.2) is 0 Å². The molecular formula is C42H72O12P6S6. The minimum atomic E-state index is -1.15. The van der Waals surface area contributed by atoms with E-state index in [1.54, 1.807) is 68.3 Å². The number of rotatable bonds is 18. The largest absolute Gasteiger partial charge is 0.325 e. The SMILES string of the molecule is CC1(C)COP(SCc2c(CSP3OCC(C)(C)CO3)c(CSP3OCC(C)(C)CO3)c(CSP3OCC(C)(C)CO3)c(CSP3OCC(C)(C)CO3)c2CSP2OCC(C)(C)CO2)OC1. The molecule has 1 aromatic rings. The van der Waals surface area contributed by atoms with Gasteiger partial charge in [-0.15, -0.1) is 0 Å². The molecule has 6 fully saturated rings. The van der Waals surface area contributed by atoms with Crippen molar-refractivity contribution in [1.82, 2.24) is 0 Å². The Morgan fingerprint density at radius 1 is 0.242 bits per heavy atom. The van der Waals surface area contributed by atoms with Crippen LogP contribution in [-0.4, -0.2) is 79.3 Å². The van der Waals surface area contributed by atoms with Crippen LogP contribution in [0.2, 0.25) is 0 Å². The van der Waals surface area contributed by atoms with Crippen molar-refractivity contribution >= 4 is 114 Å². The highest BCUT2D eigenvalue weighted by atomic mass is 32.7. The van der Waals surface area contributed by atoms with E-state index in [1.807, 2.05) is 0 Å². The lowest BCUT2D eigenvalue weighted by Gasteiger charge is -2.36. The molecule has 7 rings (SSSR count). The molecule has 6 aliphatic rings. The zero-order valence-corrected chi connectivity index (χ0v) is 51.0. The van der Waals surface area contributed by atoms with Crippen LogP contribution in [0.4, 0.5) is 0 Å². The Bertz CT molecular complexity index is 1370. The van der Waals surface area contributed by atoms with Crippen molar-refractivity contribution in [1.29, 1.82) is 0 Å². The van der Waals surface area contributed by atoms with Gasteiger partial charge in [-0.3, -0.25) is 0 Å². The van der Waals surface area contributed by atoms with Crippen LogP contribution < -0.4 is 0 Å². The predicted molar refractivity (Wildman–Crippen MR) is 290 cm³/mol. The normalized spacial score (nSPS) is 26.7. The maximum absolute atomic E-state index is 6.46. The van der Waals surface area contributed by atoms with E-state index in [0.29, 0.717) is 79.3 Å². The van der Waals surface area contributed by atoms with E-state index in [-0.39, 0.29) is 32.5 Å². The van der Waals surface area contributed by atoms with E-state index in [0.717, 1.165) is 34.5 Å². The fraction of sp³-hybridized carbons (Fsp3) is 0.857. The van der Waals surface area contributed by atoms with Gasteiger partial charge in [0.05, 0.1) is 79.3 Å². The van der Waals surface area contributed by atoms with Crippen LogP contribution in [0.1, 0.15) is 116 Å². The summed E-state index contributed by atoms with van der Waals surface area (Å²) in [6.45, 7) is 34.5. The van der Waals surface area contributed by atoms with Crippen LogP contribution in [-0.2, 0) is 88.8 Å². The summed E-state index contributed by atoms with van der Waals surface area (Å²) < 4.78 is 77.5. The Morgan fingerprint density at radius 2 is 0.348 bits per heavy atom. The Kier molecular flexibility index (Phi) is 21.7. The monoisotopic (exact) mass is 1150 g/mol. The highest BCUT2D eigenvalue weighted by Gasteiger charge is 2.38. The maximum Gasteiger partial charge on any atom is 0.238 e. The fourth-order valence-corrected chi connectivity index (χ4v) is 25.6. The van der Waals surface area contributed by atoms with Gasteiger partial charge in [0.2, 0.25) is 45.5 Å². The summed E-state index contributed by atoms with van der Waals surface area (Å²) in [5.74, 6) is 4.33. The van der Waals surface area contributed by atoms with Crippen LogP contribution in [0.25, 0.3) is 0 Å². The van der Waals surface area contributed by atoms with E-state index in [4.69, 9.17) is 54.3 Å². The second-order valence-corrected chi connectivity index (χ2v) is 41.2. The lowest BCUT2D eigenvalue weighted by atomic mass is 9.90. The van der Waals surface area contributed by atoms with Gasteiger partial charge in [-0.2, -0.15) is 0 Å². The van der Waals surface area contributed by atoms with Gasteiger partial charge in [-0.1, -0.05) is 151 Å². The molecule has 66 heavy (non-hydrogen) atoms. The summed E-state index contributed by atoms with van der Waals surface area (Å²) in [5.41, 5.74) is 7.77. The molecule has 0 aliphatic carbocycles. The third-order valence-electron chi connectivity index (χ3n) is 10.8. The molecule has 0 amide bonds. The van der Waals surface area contributed by atoms with Gasteiger partial charge in [0.15, 0.2) is 0 Å². The van der Waals surface area contributed by atoms with E-state index < -0.39 is 45.5 Å². The van der Waals surface area contributed by atoms with Crippen molar-refractivity contribution in [2.45, 2.75) is 118 Å². The Balaban J connectivity index is 1.32. The molecule has 0 radical (unpaired) electrons. The van der Waals surface area contributed by atoms with Crippen molar-refractivity contribution in [3.63, 3.8) is 0 Å². The molecular weight excluding hydrogens is 1070 g/mol. The van der Waals surface area contributed by atoms with Crippen molar-refractivity contribution in [3.8, 4) is 0 Å². The second kappa shape index (κ2) is 25.1. The lowest BCUT2D eigenvalue weighted by molar-refractivity contribution is 0.0685. The minimum Gasteiger partial charge on any atom is -0.325 e. The first-order valence-corrected chi connectivity index (χ1v) is 39.0. The highest BCUT2D eigenvalue weighted by Crippen LogP contribution is 2.65. The van der Waals surface area contributed by atoms with Crippen LogP contribution in [0.3, 0.4) is 0 Å². The minimum absolute atomic E-state index is 0.0197. The Labute approximate surface area is 427 Å². The predicted octanol–water partition coefficient (Wildman–Crippen LogP) is 16.9. The molecule has 378 valence electrons. The Hall–Kier alpha value is 3.42. The van der Waals surface area contributed by atoms with Gasteiger partial charge < -0.3 is 54.3 Å². The molecule has 6 aliphatic heterocycles. The first-order valence-electron chi connectivity index (χ1n) is 22.3. The molecule has 0 saturated carbocycles. The van der Waals surface area contributed by atoms with Gasteiger partial charge in [-0.05, 0) is 33.4 Å². The summed E-state index contributed by atoms with van der Waals surface area (Å²) in [5, 5.41) is 0. The summed E-state index contributed by atoms with van der Waals surface area (Å²) in [7, 11) is -6.93. The molecule has 0 spiro atoms. The first-order chi connectivity index (χ1) is 31.0. The van der Waals surface area contributed by atoms with Gasteiger partial charge >= 0.3 is 0 Å². The average molecular weight is 1150 g/mol. The van der Waals surface area contributed by atoms with Gasteiger partial charge in [0.1, 0.15) is 0 Å². The van der Waals surface area contributed by atoms with Crippen molar-refractivity contribution in [2.75, 3.05) is 79.3 Å². The van der Waals surface area contributed by atoms with E-state index >= 15 is 0 Å². The van der Waals surface area contributed by atoms with Crippen LogP contribution in [0.15, 0.2) is 0 Å². The molecule has 0 bridgehead atoms. The zero-order chi connectivity index (χ0) is 47.4. The zero-order valence-electron chi connectivity index (χ0n) is 40.8. The number of benzene rings is 1. The van der Waals surface area contributed by atoms with Gasteiger partial charge in [0, 0.05) is 67.0 Å². The van der Waals surface area contributed by atoms with Crippen molar-refractivity contribution in [2.24, 2.45) is 32.5 Å². The van der Waals surface area contributed by atoms with E-state index in [9.17, 15) is 0 Å². The molecule has 12 nitrogen and oxygen atoms in total. The van der Waals surface area contributed by atoms with Crippen LogP contribution in [0, 0.1) is 32.5 Å². The average Bonchev–Trinajstić information content (AvgIpc) is 3.25. The highest BCUT2D eigenvalue weighted by molar-refractivity contribution is 8.54. The quantitative estimate of drug-likeness (QED) is 0.130. The topological polar surface area (TPSA) is 111 Å².